The number of benzene rings is 1. The van der Waals surface area contributed by atoms with E-state index >= 15 is 0 Å². The van der Waals surface area contributed by atoms with Gasteiger partial charge in [0.15, 0.2) is 5.58 Å². The van der Waals surface area contributed by atoms with E-state index < -0.39 is 0 Å². The fourth-order valence-corrected chi connectivity index (χ4v) is 3.50. The number of nitrogens with one attached hydrogen (secondary N) is 1. The van der Waals surface area contributed by atoms with Gasteiger partial charge < -0.3 is 19.4 Å². The quantitative estimate of drug-likeness (QED) is 0.877. The van der Waals surface area contributed by atoms with Gasteiger partial charge in [-0.15, -0.1) is 0 Å². The van der Waals surface area contributed by atoms with Crippen molar-refractivity contribution in [1.82, 2.24) is 10.3 Å². The van der Waals surface area contributed by atoms with Crippen molar-refractivity contribution in [3.05, 3.63) is 23.8 Å². The summed E-state index contributed by atoms with van der Waals surface area (Å²) < 4.78 is 12.1. The van der Waals surface area contributed by atoms with E-state index in [2.05, 4.69) is 43.1 Å². The van der Waals surface area contributed by atoms with Gasteiger partial charge in [-0.05, 0) is 36.1 Å². The molecule has 0 bridgehead atoms. The summed E-state index contributed by atoms with van der Waals surface area (Å²) in [6.45, 7) is 11.0. The van der Waals surface area contributed by atoms with Crippen molar-refractivity contribution in [3.8, 4) is 0 Å². The van der Waals surface area contributed by atoms with Crippen molar-refractivity contribution in [2.75, 3.05) is 37.7 Å². The highest BCUT2D eigenvalue weighted by molar-refractivity contribution is 5.75. The van der Waals surface area contributed by atoms with Gasteiger partial charge in [0, 0.05) is 13.1 Å². The molecule has 0 aliphatic carbocycles. The average molecular weight is 315 g/mol. The molecule has 0 amide bonds. The number of aromatic nitrogens is 1. The summed E-state index contributed by atoms with van der Waals surface area (Å²) in [6, 6.07) is 7.05. The topological polar surface area (TPSA) is 50.5 Å². The molecule has 2 aliphatic rings. The first-order valence-corrected chi connectivity index (χ1v) is 8.46. The molecule has 2 fully saturated rings. The molecular formula is C18H25N3O2. The number of ether oxygens (including phenoxy) is 1. The number of hydrogen-bond donors (Lipinski definition) is 1. The first-order valence-electron chi connectivity index (χ1n) is 8.46. The largest absolute Gasteiger partial charge is 0.423 e. The van der Waals surface area contributed by atoms with E-state index in [0.29, 0.717) is 0 Å². The Balaban J connectivity index is 1.63. The summed E-state index contributed by atoms with van der Waals surface area (Å²) in [5.74, 6) is 0. The minimum atomic E-state index is -0.0739. The van der Waals surface area contributed by atoms with Crippen LogP contribution in [0.25, 0.3) is 11.1 Å². The van der Waals surface area contributed by atoms with Crippen LogP contribution in [0.4, 0.5) is 6.01 Å². The molecule has 1 atom stereocenters. The standard InChI is InChI=1S/C18H25N3O2/c1-17(2,3)13-4-5-15-14(10-13)20-16(23-15)21-8-9-22-18(12-21)6-7-19-11-18/h4-5,10,19H,6-9,11-12H2,1-3H3. The fourth-order valence-electron chi connectivity index (χ4n) is 3.50. The molecule has 124 valence electrons. The van der Waals surface area contributed by atoms with Crippen LogP contribution < -0.4 is 10.2 Å². The van der Waals surface area contributed by atoms with Crippen LogP contribution in [0.3, 0.4) is 0 Å². The highest BCUT2D eigenvalue weighted by Crippen LogP contribution is 2.31. The molecule has 1 N–H and O–H groups in total. The number of oxazole rings is 1. The molecule has 2 saturated heterocycles. The molecule has 1 unspecified atom stereocenters. The first-order chi connectivity index (χ1) is 11.0. The van der Waals surface area contributed by atoms with Crippen molar-refractivity contribution in [2.45, 2.75) is 38.2 Å². The van der Waals surface area contributed by atoms with E-state index in [4.69, 9.17) is 14.1 Å². The van der Waals surface area contributed by atoms with Gasteiger partial charge in [-0.2, -0.15) is 4.98 Å². The fraction of sp³-hybridized carbons (Fsp3) is 0.611. The zero-order valence-corrected chi connectivity index (χ0v) is 14.2. The predicted octanol–water partition coefficient (Wildman–Crippen LogP) is 2.69. The van der Waals surface area contributed by atoms with Crippen LogP contribution >= 0.6 is 0 Å². The van der Waals surface area contributed by atoms with Gasteiger partial charge >= 0.3 is 0 Å². The van der Waals surface area contributed by atoms with E-state index in [1.54, 1.807) is 0 Å². The third-order valence-corrected chi connectivity index (χ3v) is 4.97. The van der Waals surface area contributed by atoms with Gasteiger partial charge in [0.1, 0.15) is 5.52 Å². The van der Waals surface area contributed by atoms with Crippen molar-refractivity contribution in [2.24, 2.45) is 0 Å². The lowest BCUT2D eigenvalue weighted by Crippen LogP contribution is -2.53. The molecule has 23 heavy (non-hydrogen) atoms. The van der Waals surface area contributed by atoms with Gasteiger partial charge in [-0.3, -0.25) is 0 Å². The van der Waals surface area contributed by atoms with Gasteiger partial charge in [-0.1, -0.05) is 26.8 Å². The van der Waals surface area contributed by atoms with E-state index in [9.17, 15) is 0 Å². The minimum absolute atomic E-state index is 0.0739. The Morgan fingerprint density at radius 1 is 1.30 bits per heavy atom. The number of morpholine rings is 1. The lowest BCUT2D eigenvalue weighted by Gasteiger charge is -2.39. The van der Waals surface area contributed by atoms with Crippen LogP contribution in [-0.4, -0.2) is 43.4 Å². The summed E-state index contributed by atoms with van der Waals surface area (Å²) >= 11 is 0. The van der Waals surface area contributed by atoms with Crippen LogP contribution in [-0.2, 0) is 10.2 Å². The maximum absolute atomic E-state index is 6.04. The SMILES string of the molecule is CC(C)(C)c1ccc2oc(N3CCOC4(CCNC4)C3)nc2c1. The van der Waals surface area contributed by atoms with Crippen molar-refractivity contribution in [3.63, 3.8) is 0 Å². The zero-order valence-electron chi connectivity index (χ0n) is 14.2. The molecule has 1 aromatic heterocycles. The Bertz CT molecular complexity index is 711. The van der Waals surface area contributed by atoms with Gasteiger partial charge in [0.2, 0.25) is 0 Å². The van der Waals surface area contributed by atoms with Crippen LogP contribution in [0.1, 0.15) is 32.8 Å². The molecule has 2 aliphatic heterocycles. The maximum atomic E-state index is 6.04. The van der Waals surface area contributed by atoms with E-state index in [1.807, 2.05) is 6.07 Å². The number of anilines is 1. The number of rotatable bonds is 1. The Hall–Kier alpha value is -1.59. The average Bonchev–Trinajstić information content (AvgIpc) is 3.12. The predicted molar refractivity (Wildman–Crippen MR) is 91.1 cm³/mol. The summed E-state index contributed by atoms with van der Waals surface area (Å²) in [5.41, 5.74) is 3.13. The lowest BCUT2D eigenvalue weighted by molar-refractivity contribution is -0.0415. The highest BCUT2D eigenvalue weighted by atomic mass is 16.5. The van der Waals surface area contributed by atoms with Gasteiger partial charge in [0.05, 0.1) is 18.8 Å². The molecule has 3 heterocycles. The number of nitrogens with zero attached hydrogens (tertiary/aromatic N) is 2. The summed E-state index contributed by atoms with van der Waals surface area (Å²) in [6.07, 6.45) is 1.05. The van der Waals surface area contributed by atoms with Crippen molar-refractivity contribution < 1.29 is 9.15 Å². The minimum Gasteiger partial charge on any atom is -0.423 e. The van der Waals surface area contributed by atoms with E-state index in [0.717, 1.165) is 56.3 Å². The van der Waals surface area contributed by atoms with Gasteiger partial charge in [-0.25, -0.2) is 0 Å². The molecule has 0 saturated carbocycles. The lowest BCUT2D eigenvalue weighted by atomic mass is 9.87. The Morgan fingerprint density at radius 3 is 2.91 bits per heavy atom. The number of hydrogen-bond acceptors (Lipinski definition) is 5. The van der Waals surface area contributed by atoms with Crippen LogP contribution in [0.5, 0.6) is 0 Å². The third-order valence-electron chi connectivity index (χ3n) is 4.97. The molecule has 1 spiro atoms. The monoisotopic (exact) mass is 315 g/mol. The Labute approximate surface area is 137 Å². The Kier molecular flexibility index (Phi) is 3.39. The zero-order chi connectivity index (χ0) is 16.1. The van der Waals surface area contributed by atoms with Crippen molar-refractivity contribution in [1.29, 1.82) is 0 Å². The van der Waals surface area contributed by atoms with Crippen LogP contribution in [0.15, 0.2) is 22.6 Å². The van der Waals surface area contributed by atoms with E-state index in [-0.39, 0.29) is 11.0 Å². The molecule has 5 heteroatoms. The van der Waals surface area contributed by atoms with Crippen LogP contribution in [0.2, 0.25) is 0 Å². The van der Waals surface area contributed by atoms with Gasteiger partial charge in [0.25, 0.3) is 6.01 Å². The summed E-state index contributed by atoms with van der Waals surface area (Å²) in [4.78, 5) is 6.98. The second-order valence-electron chi connectivity index (χ2n) is 7.81. The summed E-state index contributed by atoms with van der Waals surface area (Å²) in [7, 11) is 0. The van der Waals surface area contributed by atoms with Crippen LogP contribution in [0, 0.1) is 0 Å². The smallest absolute Gasteiger partial charge is 0.298 e. The second kappa shape index (κ2) is 5.21. The molecular weight excluding hydrogens is 290 g/mol. The molecule has 5 nitrogen and oxygen atoms in total. The summed E-state index contributed by atoms with van der Waals surface area (Å²) in [5, 5.41) is 3.40. The highest BCUT2D eigenvalue weighted by Gasteiger charge is 2.40. The second-order valence-corrected chi connectivity index (χ2v) is 7.81. The molecule has 0 radical (unpaired) electrons. The van der Waals surface area contributed by atoms with E-state index in [1.165, 1.54) is 5.56 Å². The molecule has 4 rings (SSSR count). The number of fused-ring (bicyclic) bond motifs is 1. The molecule has 2 aromatic rings. The first kappa shape index (κ1) is 15.0. The normalized spacial score (nSPS) is 25.6. The third kappa shape index (κ3) is 2.72. The molecule has 1 aromatic carbocycles. The maximum Gasteiger partial charge on any atom is 0.298 e. The van der Waals surface area contributed by atoms with Crippen molar-refractivity contribution >= 4 is 17.1 Å². The Morgan fingerprint density at radius 2 is 2.17 bits per heavy atom.